The summed E-state index contributed by atoms with van der Waals surface area (Å²) in [6.45, 7) is 1.66. The van der Waals surface area contributed by atoms with Gasteiger partial charge in [0.15, 0.2) is 0 Å². The van der Waals surface area contributed by atoms with Crippen LogP contribution in [0.5, 0.6) is 5.75 Å². The van der Waals surface area contributed by atoms with Crippen LogP contribution in [0.4, 0.5) is 5.69 Å². The first-order valence-electron chi connectivity index (χ1n) is 7.27. The fourth-order valence-electron chi connectivity index (χ4n) is 2.26. The maximum absolute atomic E-state index is 5.17. The maximum Gasteiger partial charge on any atom is 0.118 e. The summed E-state index contributed by atoms with van der Waals surface area (Å²) < 4.78 is 10.3. The van der Waals surface area contributed by atoms with Gasteiger partial charge in [0.2, 0.25) is 0 Å². The van der Waals surface area contributed by atoms with Gasteiger partial charge >= 0.3 is 0 Å². The Balaban J connectivity index is 1.87. The molecular weight excluding hydrogens is 262 g/mol. The lowest BCUT2D eigenvalue weighted by Crippen LogP contribution is -2.08. The van der Waals surface area contributed by atoms with Gasteiger partial charge in [-0.3, -0.25) is 0 Å². The monoisotopic (exact) mass is 285 g/mol. The molecular formula is C18H23NO2. The maximum atomic E-state index is 5.17. The standard InChI is InChI=1S/C18H23NO2/c1-20-14-12-16-5-3-4-6-18(16)19-13-11-15-7-9-17(21-2)10-8-15/h3-10,19H,11-14H2,1-2H3. The topological polar surface area (TPSA) is 30.5 Å². The molecule has 0 unspecified atom stereocenters. The van der Waals surface area contributed by atoms with Gasteiger partial charge in [0.25, 0.3) is 0 Å². The number of ether oxygens (including phenoxy) is 2. The third-order valence-corrected chi connectivity index (χ3v) is 3.48. The fraction of sp³-hybridized carbons (Fsp3) is 0.333. The van der Waals surface area contributed by atoms with Gasteiger partial charge in [-0.25, -0.2) is 0 Å². The summed E-state index contributed by atoms with van der Waals surface area (Å²) in [7, 11) is 3.42. The van der Waals surface area contributed by atoms with E-state index in [0.29, 0.717) is 0 Å². The van der Waals surface area contributed by atoms with Crippen molar-refractivity contribution in [3.8, 4) is 5.75 Å². The fourth-order valence-corrected chi connectivity index (χ4v) is 2.26. The number of benzene rings is 2. The van der Waals surface area contributed by atoms with E-state index in [1.54, 1.807) is 14.2 Å². The lowest BCUT2D eigenvalue weighted by Gasteiger charge is -2.12. The molecule has 0 amide bonds. The average molecular weight is 285 g/mol. The normalized spacial score (nSPS) is 10.4. The number of hydrogen-bond acceptors (Lipinski definition) is 3. The van der Waals surface area contributed by atoms with E-state index in [4.69, 9.17) is 9.47 Å². The minimum atomic E-state index is 0.747. The van der Waals surface area contributed by atoms with Gasteiger partial charge in [-0.15, -0.1) is 0 Å². The number of para-hydroxylation sites is 1. The van der Waals surface area contributed by atoms with Crippen molar-refractivity contribution in [1.29, 1.82) is 0 Å². The second kappa shape index (κ2) is 8.32. The van der Waals surface area contributed by atoms with E-state index >= 15 is 0 Å². The molecule has 0 aliphatic carbocycles. The molecule has 2 aromatic rings. The highest BCUT2D eigenvalue weighted by Crippen LogP contribution is 2.16. The smallest absolute Gasteiger partial charge is 0.118 e. The Bertz CT molecular complexity index is 537. The van der Waals surface area contributed by atoms with Gasteiger partial charge in [-0.05, 0) is 42.2 Å². The third kappa shape index (κ3) is 4.80. The summed E-state index contributed by atoms with van der Waals surface area (Å²) in [6, 6.07) is 16.6. The molecule has 0 spiro atoms. The lowest BCUT2D eigenvalue weighted by atomic mass is 10.1. The molecule has 0 saturated carbocycles. The molecule has 3 heteroatoms. The highest BCUT2D eigenvalue weighted by atomic mass is 16.5. The van der Waals surface area contributed by atoms with E-state index in [2.05, 4.69) is 41.7 Å². The Kier molecular flexibility index (Phi) is 6.10. The number of nitrogens with one attached hydrogen (secondary N) is 1. The zero-order valence-corrected chi connectivity index (χ0v) is 12.8. The second-order valence-corrected chi connectivity index (χ2v) is 4.92. The number of rotatable bonds is 8. The molecule has 1 N–H and O–H groups in total. The van der Waals surface area contributed by atoms with E-state index in [-0.39, 0.29) is 0 Å². The van der Waals surface area contributed by atoms with Crippen molar-refractivity contribution in [3.05, 3.63) is 59.7 Å². The zero-order valence-electron chi connectivity index (χ0n) is 12.8. The summed E-state index contributed by atoms with van der Waals surface area (Å²) in [5.41, 5.74) is 3.80. The van der Waals surface area contributed by atoms with Crippen LogP contribution >= 0.6 is 0 Å². The molecule has 0 aliphatic rings. The molecule has 2 rings (SSSR count). The minimum Gasteiger partial charge on any atom is -0.497 e. The van der Waals surface area contributed by atoms with Crippen LogP contribution in [-0.4, -0.2) is 27.4 Å². The molecule has 0 aliphatic heterocycles. The van der Waals surface area contributed by atoms with E-state index in [9.17, 15) is 0 Å². The average Bonchev–Trinajstić information content (AvgIpc) is 2.54. The van der Waals surface area contributed by atoms with Gasteiger partial charge < -0.3 is 14.8 Å². The molecule has 0 bridgehead atoms. The summed E-state index contributed by atoms with van der Waals surface area (Å²) >= 11 is 0. The van der Waals surface area contributed by atoms with Crippen molar-refractivity contribution in [3.63, 3.8) is 0 Å². The van der Waals surface area contributed by atoms with Gasteiger partial charge in [0.05, 0.1) is 13.7 Å². The van der Waals surface area contributed by atoms with E-state index in [1.807, 2.05) is 12.1 Å². The lowest BCUT2D eigenvalue weighted by molar-refractivity contribution is 0.202. The van der Waals surface area contributed by atoms with Crippen LogP contribution in [0.1, 0.15) is 11.1 Å². The van der Waals surface area contributed by atoms with Crippen molar-refractivity contribution < 1.29 is 9.47 Å². The van der Waals surface area contributed by atoms with Crippen LogP contribution in [0.25, 0.3) is 0 Å². The molecule has 0 saturated heterocycles. The first kappa shape index (κ1) is 15.4. The molecule has 3 nitrogen and oxygen atoms in total. The van der Waals surface area contributed by atoms with Crippen LogP contribution in [0.3, 0.4) is 0 Å². The first-order chi connectivity index (χ1) is 10.3. The van der Waals surface area contributed by atoms with Crippen molar-refractivity contribution >= 4 is 5.69 Å². The Morgan fingerprint density at radius 3 is 2.38 bits per heavy atom. The highest BCUT2D eigenvalue weighted by Gasteiger charge is 2.01. The Labute approximate surface area is 126 Å². The van der Waals surface area contributed by atoms with E-state index in [1.165, 1.54) is 16.8 Å². The zero-order chi connectivity index (χ0) is 14.9. The number of hydrogen-bond donors (Lipinski definition) is 1. The van der Waals surface area contributed by atoms with Gasteiger partial charge in [0, 0.05) is 19.3 Å². The Hall–Kier alpha value is -2.00. The highest BCUT2D eigenvalue weighted by molar-refractivity contribution is 5.51. The first-order valence-corrected chi connectivity index (χ1v) is 7.27. The van der Waals surface area contributed by atoms with Gasteiger partial charge in [0.1, 0.15) is 5.75 Å². The summed E-state index contributed by atoms with van der Waals surface area (Å²) in [6.07, 6.45) is 1.92. The van der Waals surface area contributed by atoms with Crippen molar-refractivity contribution in [2.24, 2.45) is 0 Å². The molecule has 0 atom stereocenters. The predicted molar refractivity (Wildman–Crippen MR) is 87.2 cm³/mol. The van der Waals surface area contributed by atoms with Crippen LogP contribution in [0.2, 0.25) is 0 Å². The van der Waals surface area contributed by atoms with E-state index in [0.717, 1.165) is 31.7 Å². The molecule has 0 fully saturated rings. The van der Waals surface area contributed by atoms with Crippen molar-refractivity contribution in [2.45, 2.75) is 12.8 Å². The third-order valence-electron chi connectivity index (χ3n) is 3.48. The van der Waals surface area contributed by atoms with Gasteiger partial charge in [-0.1, -0.05) is 30.3 Å². The van der Waals surface area contributed by atoms with Crippen LogP contribution < -0.4 is 10.1 Å². The predicted octanol–water partition coefficient (Wildman–Crippen LogP) is 3.54. The summed E-state index contributed by atoms with van der Waals surface area (Å²) in [5, 5.41) is 3.51. The number of anilines is 1. The molecule has 0 radical (unpaired) electrons. The molecule has 112 valence electrons. The van der Waals surface area contributed by atoms with E-state index < -0.39 is 0 Å². The summed E-state index contributed by atoms with van der Waals surface area (Å²) in [5.74, 6) is 0.900. The molecule has 0 aromatic heterocycles. The van der Waals surface area contributed by atoms with Crippen LogP contribution in [0, 0.1) is 0 Å². The minimum absolute atomic E-state index is 0.747. The Morgan fingerprint density at radius 1 is 0.905 bits per heavy atom. The van der Waals surface area contributed by atoms with Crippen molar-refractivity contribution in [2.75, 3.05) is 32.7 Å². The SMILES string of the molecule is COCCc1ccccc1NCCc1ccc(OC)cc1. The summed E-state index contributed by atoms with van der Waals surface area (Å²) in [4.78, 5) is 0. The largest absolute Gasteiger partial charge is 0.497 e. The quantitative estimate of drug-likeness (QED) is 0.804. The van der Waals surface area contributed by atoms with Gasteiger partial charge in [-0.2, -0.15) is 0 Å². The Morgan fingerprint density at radius 2 is 1.67 bits per heavy atom. The molecule has 2 aromatic carbocycles. The number of methoxy groups -OCH3 is 2. The second-order valence-electron chi connectivity index (χ2n) is 4.92. The molecule has 0 heterocycles. The van der Waals surface area contributed by atoms with Crippen LogP contribution in [-0.2, 0) is 17.6 Å². The van der Waals surface area contributed by atoms with Crippen LogP contribution in [0.15, 0.2) is 48.5 Å². The molecule has 21 heavy (non-hydrogen) atoms. The van der Waals surface area contributed by atoms with Crippen molar-refractivity contribution in [1.82, 2.24) is 0 Å².